The van der Waals surface area contributed by atoms with Gasteiger partial charge in [0.1, 0.15) is 0 Å². The first-order valence-corrected chi connectivity index (χ1v) is 7.84. The molecule has 0 aliphatic heterocycles. The quantitative estimate of drug-likeness (QED) is 0.789. The molecule has 0 amide bonds. The molecule has 0 saturated carbocycles. The van der Waals surface area contributed by atoms with Gasteiger partial charge < -0.3 is 5.32 Å². The van der Waals surface area contributed by atoms with E-state index in [1.54, 1.807) is 0 Å². The molecule has 102 valence electrons. The standard InChI is InChI=1S/C15H20IN3/c1-3-10-17-15(12-5-7-13(16)8-6-12)14-9-11-18-19(14)4-2/h5-9,11,15,17H,3-4,10H2,1-2H3. The molecule has 0 fully saturated rings. The zero-order chi connectivity index (χ0) is 13.7. The minimum absolute atomic E-state index is 0.222. The van der Waals surface area contributed by atoms with Crippen molar-refractivity contribution >= 4 is 22.6 Å². The summed E-state index contributed by atoms with van der Waals surface area (Å²) in [6.07, 6.45) is 3.01. The third-order valence-corrected chi connectivity index (χ3v) is 3.87. The Bertz CT molecular complexity index is 504. The van der Waals surface area contributed by atoms with E-state index in [1.807, 2.05) is 6.20 Å². The average Bonchev–Trinajstić information content (AvgIpc) is 2.89. The van der Waals surface area contributed by atoms with Gasteiger partial charge in [0.2, 0.25) is 0 Å². The van der Waals surface area contributed by atoms with E-state index >= 15 is 0 Å². The van der Waals surface area contributed by atoms with Gasteiger partial charge in [0.05, 0.1) is 11.7 Å². The number of aromatic nitrogens is 2. The molecule has 0 radical (unpaired) electrons. The SMILES string of the molecule is CCCNC(c1ccc(I)cc1)c1ccnn1CC. The lowest BCUT2D eigenvalue weighted by molar-refractivity contribution is 0.530. The summed E-state index contributed by atoms with van der Waals surface area (Å²) >= 11 is 2.34. The molecule has 3 nitrogen and oxygen atoms in total. The van der Waals surface area contributed by atoms with Crippen molar-refractivity contribution in [2.24, 2.45) is 0 Å². The molecule has 2 aromatic rings. The average molecular weight is 369 g/mol. The van der Waals surface area contributed by atoms with Crippen molar-refractivity contribution in [1.29, 1.82) is 0 Å². The van der Waals surface area contributed by atoms with Crippen LogP contribution in [0.2, 0.25) is 0 Å². The second-order valence-electron chi connectivity index (χ2n) is 4.51. The summed E-state index contributed by atoms with van der Waals surface area (Å²) in [6, 6.07) is 11.0. The molecule has 1 N–H and O–H groups in total. The fraction of sp³-hybridized carbons (Fsp3) is 0.400. The normalized spacial score (nSPS) is 12.6. The van der Waals surface area contributed by atoms with Gasteiger partial charge in [0, 0.05) is 16.3 Å². The Balaban J connectivity index is 2.32. The molecule has 1 heterocycles. The van der Waals surface area contributed by atoms with E-state index in [2.05, 4.69) is 81.9 Å². The molecule has 0 aliphatic rings. The maximum Gasteiger partial charge on any atom is 0.0748 e. The molecular weight excluding hydrogens is 349 g/mol. The van der Waals surface area contributed by atoms with Crippen molar-refractivity contribution in [1.82, 2.24) is 15.1 Å². The molecule has 1 unspecified atom stereocenters. The first-order chi connectivity index (χ1) is 9.26. The van der Waals surface area contributed by atoms with Crippen molar-refractivity contribution in [2.45, 2.75) is 32.9 Å². The van der Waals surface area contributed by atoms with E-state index in [1.165, 1.54) is 14.8 Å². The minimum Gasteiger partial charge on any atom is -0.305 e. The smallest absolute Gasteiger partial charge is 0.0748 e. The number of halogens is 1. The third-order valence-electron chi connectivity index (χ3n) is 3.15. The Kier molecular flexibility index (Phi) is 5.39. The summed E-state index contributed by atoms with van der Waals surface area (Å²) in [5, 5.41) is 8.00. The molecule has 0 bridgehead atoms. The predicted molar refractivity (Wildman–Crippen MR) is 87.2 cm³/mol. The lowest BCUT2D eigenvalue weighted by Gasteiger charge is -2.20. The van der Waals surface area contributed by atoms with Gasteiger partial charge >= 0.3 is 0 Å². The second-order valence-corrected chi connectivity index (χ2v) is 5.76. The largest absolute Gasteiger partial charge is 0.305 e. The topological polar surface area (TPSA) is 29.9 Å². The van der Waals surface area contributed by atoms with E-state index in [0.29, 0.717) is 0 Å². The van der Waals surface area contributed by atoms with Crippen LogP contribution in [0.25, 0.3) is 0 Å². The second kappa shape index (κ2) is 7.05. The Morgan fingerprint density at radius 3 is 2.58 bits per heavy atom. The molecule has 1 atom stereocenters. The van der Waals surface area contributed by atoms with Crippen LogP contribution in [0.15, 0.2) is 36.5 Å². The zero-order valence-electron chi connectivity index (χ0n) is 11.4. The Hall–Kier alpha value is -0.880. The van der Waals surface area contributed by atoms with E-state index in [9.17, 15) is 0 Å². The van der Waals surface area contributed by atoms with Crippen molar-refractivity contribution in [3.8, 4) is 0 Å². The number of nitrogens with one attached hydrogen (secondary N) is 1. The number of hydrogen-bond donors (Lipinski definition) is 1. The molecule has 0 aliphatic carbocycles. The van der Waals surface area contributed by atoms with Crippen LogP contribution in [0.3, 0.4) is 0 Å². The van der Waals surface area contributed by atoms with Gasteiger partial charge in [-0.3, -0.25) is 4.68 Å². The summed E-state index contributed by atoms with van der Waals surface area (Å²) in [5.74, 6) is 0. The molecule has 19 heavy (non-hydrogen) atoms. The molecular formula is C15H20IN3. The van der Waals surface area contributed by atoms with Gasteiger partial charge in [-0.05, 0) is 66.2 Å². The van der Waals surface area contributed by atoms with Crippen LogP contribution < -0.4 is 5.32 Å². The van der Waals surface area contributed by atoms with Crippen LogP contribution >= 0.6 is 22.6 Å². The number of benzene rings is 1. The maximum atomic E-state index is 4.38. The molecule has 0 saturated heterocycles. The highest BCUT2D eigenvalue weighted by atomic mass is 127. The van der Waals surface area contributed by atoms with E-state index in [-0.39, 0.29) is 6.04 Å². The zero-order valence-corrected chi connectivity index (χ0v) is 13.6. The van der Waals surface area contributed by atoms with Crippen LogP contribution in [0, 0.1) is 3.57 Å². The summed E-state index contributed by atoms with van der Waals surface area (Å²) < 4.78 is 3.32. The molecule has 1 aromatic carbocycles. The third kappa shape index (κ3) is 3.57. The number of nitrogens with zero attached hydrogens (tertiary/aromatic N) is 2. The first kappa shape index (κ1) is 14.5. The number of aryl methyl sites for hydroxylation is 1. The molecule has 0 spiro atoms. The van der Waals surface area contributed by atoms with Gasteiger partial charge in [-0.1, -0.05) is 19.1 Å². The van der Waals surface area contributed by atoms with Crippen LogP contribution in [0.1, 0.15) is 37.6 Å². The van der Waals surface area contributed by atoms with Crippen LogP contribution in [0.4, 0.5) is 0 Å². The van der Waals surface area contributed by atoms with Crippen molar-refractivity contribution in [2.75, 3.05) is 6.54 Å². The van der Waals surface area contributed by atoms with E-state index in [4.69, 9.17) is 0 Å². The van der Waals surface area contributed by atoms with Gasteiger partial charge in [0.25, 0.3) is 0 Å². The van der Waals surface area contributed by atoms with Crippen molar-refractivity contribution < 1.29 is 0 Å². The number of hydrogen-bond acceptors (Lipinski definition) is 2. The highest BCUT2D eigenvalue weighted by molar-refractivity contribution is 14.1. The summed E-state index contributed by atoms with van der Waals surface area (Å²) in [5.41, 5.74) is 2.53. The lowest BCUT2D eigenvalue weighted by Crippen LogP contribution is -2.25. The van der Waals surface area contributed by atoms with E-state index < -0.39 is 0 Å². The fourth-order valence-corrected chi connectivity index (χ4v) is 2.55. The van der Waals surface area contributed by atoms with Crippen LogP contribution in [-0.4, -0.2) is 16.3 Å². The van der Waals surface area contributed by atoms with Gasteiger partial charge in [0.15, 0.2) is 0 Å². The number of rotatable bonds is 6. The summed E-state index contributed by atoms with van der Waals surface area (Å²) in [7, 11) is 0. The molecule has 1 aromatic heterocycles. The fourth-order valence-electron chi connectivity index (χ4n) is 2.19. The Morgan fingerprint density at radius 1 is 1.21 bits per heavy atom. The van der Waals surface area contributed by atoms with Gasteiger partial charge in [-0.2, -0.15) is 5.10 Å². The minimum atomic E-state index is 0.222. The summed E-state index contributed by atoms with van der Waals surface area (Å²) in [4.78, 5) is 0. The Morgan fingerprint density at radius 2 is 1.95 bits per heavy atom. The lowest BCUT2D eigenvalue weighted by atomic mass is 10.0. The van der Waals surface area contributed by atoms with E-state index in [0.717, 1.165) is 19.5 Å². The van der Waals surface area contributed by atoms with Crippen molar-refractivity contribution in [3.63, 3.8) is 0 Å². The Labute approximate surface area is 128 Å². The first-order valence-electron chi connectivity index (χ1n) is 6.76. The molecule has 4 heteroatoms. The maximum absolute atomic E-state index is 4.38. The highest BCUT2D eigenvalue weighted by Gasteiger charge is 2.16. The van der Waals surface area contributed by atoms with Gasteiger partial charge in [-0.15, -0.1) is 0 Å². The highest BCUT2D eigenvalue weighted by Crippen LogP contribution is 2.22. The predicted octanol–water partition coefficient (Wildman–Crippen LogP) is 3.60. The van der Waals surface area contributed by atoms with Crippen molar-refractivity contribution in [3.05, 3.63) is 51.4 Å². The van der Waals surface area contributed by atoms with Crippen LogP contribution in [0.5, 0.6) is 0 Å². The summed E-state index contributed by atoms with van der Waals surface area (Å²) in [6.45, 7) is 6.22. The van der Waals surface area contributed by atoms with Crippen LogP contribution in [-0.2, 0) is 6.54 Å². The molecule has 2 rings (SSSR count). The monoisotopic (exact) mass is 369 g/mol. The van der Waals surface area contributed by atoms with Gasteiger partial charge in [-0.25, -0.2) is 0 Å².